The highest BCUT2D eigenvalue weighted by molar-refractivity contribution is 5.88. The number of benzene rings is 1. The Bertz CT molecular complexity index is 869. The van der Waals surface area contributed by atoms with Gasteiger partial charge in [0, 0.05) is 5.56 Å². The zero-order valence-electron chi connectivity index (χ0n) is 12.7. The Morgan fingerprint density at radius 2 is 1.58 bits per heavy atom. The largest absolute Gasteiger partial charge is 0.573 e. The molecule has 0 saturated carbocycles. The zero-order valence-corrected chi connectivity index (χ0v) is 12.7. The van der Waals surface area contributed by atoms with E-state index in [4.69, 9.17) is 10.8 Å². The predicted molar refractivity (Wildman–Crippen MR) is 77.5 cm³/mol. The summed E-state index contributed by atoms with van der Waals surface area (Å²) in [5.74, 6) is -2.40. The third kappa shape index (κ3) is 4.23. The number of nitrogens with one attached hydrogen (secondary N) is 2. The van der Waals surface area contributed by atoms with Crippen LogP contribution in [0.15, 0.2) is 36.4 Å². The van der Waals surface area contributed by atoms with Gasteiger partial charge in [-0.15, -0.1) is 13.2 Å². The normalized spacial score (nSPS) is 12.1. The molecule has 1 aromatic heterocycles. The molecule has 1 heterocycles. The fourth-order valence-corrected chi connectivity index (χ4v) is 2.24. The first-order chi connectivity index (χ1) is 11.9. The Morgan fingerprint density at radius 3 is 2.04 bits per heavy atom. The molecular weight excluding hydrogens is 368 g/mol. The quantitative estimate of drug-likeness (QED) is 0.434. The third-order valence-corrected chi connectivity index (χ3v) is 3.27. The van der Waals surface area contributed by atoms with Gasteiger partial charge in [0.1, 0.15) is 11.2 Å². The minimum absolute atomic E-state index is 0.0241. The van der Waals surface area contributed by atoms with Crippen LogP contribution in [0.3, 0.4) is 0 Å². The lowest BCUT2D eigenvalue weighted by atomic mass is 10.0. The number of pyridine rings is 1. The second-order valence-corrected chi connectivity index (χ2v) is 4.99. The average molecular weight is 379 g/mol. The van der Waals surface area contributed by atoms with E-state index in [0.29, 0.717) is 0 Å². The summed E-state index contributed by atoms with van der Waals surface area (Å²) < 4.78 is 79.0. The van der Waals surface area contributed by atoms with Crippen molar-refractivity contribution < 1.29 is 36.2 Å². The Balaban J connectivity index is 2.54. The minimum atomic E-state index is -5.06. The van der Waals surface area contributed by atoms with Gasteiger partial charge in [-0.2, -0.15) is 13.2 Å². The lowest BCUT2D eigenvalue weighted by molar-refractivity contribution is -0.274. The smallest absolute Gasteiger partial charge is 0.406 e. The Hall–Kier alpha value is -2.82. The number of aromatic nitrogens is 1. The maximum atomic E-state index is 12.8. The molecule has 0 bridgehead atoms. The minimum Gasteiger partial charge on any atom is -0.406 e. The molecular formula is C15H11F6N3O2. The first-order valence-corrected chi connectivity index (χ1v) is 6.86. The number of ether oxygens (including phenoxy) is 1. The summed E-state index contributed by atoms with van der Waals surface area (Å²) in [7, 11) is 0. The Kier molecular flexibility index (Phi) is 5.12. The van der Waals surface area contributed by atoms with Gasteiger partial charge < -0.3 is 9.84 Å². The molecule has 0 aliphatic rings. The van der Waals surface area contributed by atoms with Crippen molar-refractivity contribution in [2.45, 2.75) is 19.1 Å². The number of aliphatic hydroxyl groups excluding tert-OH is 1. The van der Waals surface area contributed by atoms with E-state index < -0.39 is 41.9 Å². The Morgan fingerprint density at radius 1 is 1.00 bits per heavy atom. The molecule has 140 valence electrons. The van der Waals surface area contributed by atoms with E-state index in [9.17, 15) is 31.4 Å². The fraction of sp³-hybridized carbons (Fsp3) is 0.200. The summed E-state index contributed by atoms with van der Waals surface area (Å²) in [5, 5.41) is 24.3. The highest BCUT2D eigenvalue weighted by Gasteiger charge is 2.37. The molecule has 1 aromatic carbocycles. The van der Waals surface area contributed by atoms with E-state index >= 15 is 0 Å². The highest BCUT2D eigenvalue weighted by atomic mass is 19.4. The van der Waals surface area contributed by atoms with Crippen LogP contribution in [0.4, 0.5) is 26.3 Å². The summed E-state index contributed by atoms with van der Waals surface area (Å²) in [6.07, 6.45) is -9.96. The van der Waals surface area contributed by atoms with Crippen LogP contribution >= 0.6 is 0 Å². The van der Waals surface area contributed by atoms with Crippen LogP contribution < -0.4 is 10.2 Å². The van der Waals surface area contributed by atoms with E-state index in [1.165, 1.54) is 6.07 Å². The molecule has 0 radical (unpaired) electrons. The maximum absolute atomic E-state index is 12.8. The molecule has 5 nitrogen and oxygen atoms in total. The van der Waals surface area contributed by atoms with E-state index in [2.05, 4.69) is 4.74 Å². The van der Waals surface area contributed by atoms with Crippen molar-refractivity contribution >= 4 is 5.84 Å². The number of alkyl halides is 6. The number of hydrogen-bond acceptors (Lipinski definition) is 4. The molecule has 0 atom stereocenters. The van der Waals surface area contributed by atoms with Crippen LogP contribution in [-0.2, 0) is 6.61 Å². The molecule has 26 heavy (non-hydrogen) atoms. The van der Waals surface area contributed by atoms with Gasteiger partial charge in [-0.1, -0.05) is 12.1 Å². The molecule has 11 heteroatoms. The third-order valence-electron chi connectivity index (χ3n) is 3.27. The van der Waals surface area contributed by atoms with Crippen LogP contribution in [0.1, 0.15) is 5.69 Å². The molecule has 0 aliphatic heterocycles. The van der Waals surface area contributed by atoms with Crippen LogP contribution in [0.5, 0.6) is 5.75 Å². The molecule has 0 unspecified atom stereocenters. The van der Waals surface area contributed by atoms with Crippen molar-refractivity contribution in [2.24, 2.45) is 0 Å². The average Bonchev–Trinajstić information content (AvgIpc) is 2.52. The number of aliphatic hydroxyl groups is 1. The van der Waals surface area contributed by atoms with Gasteiger partial charge in [0.15, 0.2) is 0 Å². The standard InChI is InChI=1S/C15H11F6N3O2/c16-14(17,18)13(23)24-11(7-25)10(5-6-12(24)22)8-1-3-9(4-2-8)26-15(19,20)21/h1-6,22-23,25H,7H2. The number of rotatable bonds is 3. The van der Waals surface area contributed by atoms with Gasteiger partial charge in [-0.3, -0.25) is 15.4 Å². The monoisotopic (exact) mass is 379 g/mol. The molecule has 2 aromatic rings. The molecule has 0 spiro atoms. The van der Waals surface area contributed by atoms with Crippen molar-refractivity contribution in [2.75, 3.05) is 0 Å². The van der Waals surface area contributed by atoms with Gasteiger partial charge in [0.2, 0.25) is 5.84 Å². The summed E-state index contributed by atoms with van der Waals surface area (Å²) in [6.45, 7) is -0.929. The zero-order chi connectivity index (χ0) is 19.7. The van der Waals surface area contributed by atoms with E-state index in [1.807, 2.05) is 0 Å². The second kappa shape index (κ2) is 6.83. The lowest BCUT2D eigenvalue weighted by Gasteiger charge is -2.19. The molecule has 2 rings (SSSR count). The second-order valence-electron chi connectivity index (χ2n) is 4.99. The molecule has 0 amide bonds. The van der Waals surface area contributed by atoms with Gasteiger partial charge >= 0.3 is 12.5 Å². The summed E-state index contributed by atoms with van der Waals surface area (Å²) in [4.78, 5) is 0. The maximum Gasteiger partial charge on any atom is 0.573 e. The van der Waals surface area contributed by atoms with Crippen LogP contribution in [0.25, 0.3) is 11.1 Å². The SMILES string of the molecule is N=C(n1c(CO)c(-c2ccc(OC(F)(F)F)cc2)ccc1=N)C(F)(F)F. The molecule has 0 aliphatic carbocycles. The van der Waals surface area contributed by atoms with Crippen molar-refractivity contribution in [1.29, 1.82) is 10.8 Å². The number of halogens is 6. The molecule has 0 saturated heterocycles. The van der Waals surface area contributed by atoms with Crippen LogP contribution in [0.2, 0.25) is 0 Å². The van der Waals surface area contributed by atoms with Gasteiger partial charge in [-0.05, 0) is 29.8 Å². The van der Waals surface area contributed by atoms with E-state index in [-0.39, 0.29) is 15.7 Å². The highest BCUT2D eigenvalue weighted by Crippen LogP contribution is 2.29. The van der Waals surface area contributed by atoms with Crippen LogP contribution in [0, 0.1) is 10.8 Å². The van der Waals surface area contributed by atoms with Crippen molar-refractivity contribution in [3.05, 3.63) is 47.6 Å². The molecule has 3 N–H and O–H groups in total. The van der Waals surface area contributed by atoms with E-state index in [0.717, 1.165) is 30.3 Å². The fourth-order valence-electron chi connectivity index (χ4n) is 2.24. The van der Waals surface area contributed by atoms with E-state index in [1.54, 1.807) is 0 Å². The Labute approximate surface area is 142 Å². The summed E-state index contributed by atoms with van der Waals surface area (Å²) >= 11 is 0. The van der Waals surface area contributed by atoms with Gasteiger partial charge in [-0.25, -0.2) is 0 Å². The van der Waals surface area contributed by atoms with Crippen molar-refractivity contribution in [3.8, 4) is 16.9 Å². The molecule has 0 fully saturated rings. The van der Waals surface area contributed by atoms with Gasteiger partial charge in [0.05, 0.1) is 12.3 Å². The number of nitrogens with zero attached hydrogens (tertiary/aromatic N) is 1. The first kappa shape index (κ1) is 19.5. The van der Waals surface area contributed by atoms with Gasteiger partial charge in [0.25, 0.3) is 0 Å². The van der Waals surface area contributed by atoms with Crippen LogP contribution in [-0.4, -0.2) is 28.0 Å². The summed E-state index contributed by atoms with van der Waals surface area (Å²) in [5.41, 5.74) is -0.884. The predicted octanol–water partition coefficient (Wildman–Crippen LogP) is 3.41. The van der Waals surface area contributed by atoms with Crippen molar-refractivity contribution in [3.63, 3.8) is 0 Å². The van der Waals surface area contributed by atoms with Crippen molar-refractivity contribution in [1.82, 2.24) is 4.57 Å². The topological polar surface area (TPSA) is 82.1 Å². The first-order valence-electron chi connectivity index (χ1n) is 6.86. The number of hydrogen-bond donors (Lipinski definition) is 3. The summed E-state index contributed by atoms with van der Waals surface area (Å²) in [6, 6.07) is 6.43. The lowest BCUT2D eigenvalue weighted by Crippen LogP contribution is -2.38.